The quantitative estimate of drug-likeness (QED) is 0.328. The van der Waals surface area contributed by atoms with Gasteiger partial charge in [-0.25, -0.2) is 4.79 Å². The number of ether oxygens (including phenoxy) is 1. The Morgan fingerprint density at radius 3 is 2.24 bits per heavy atom. The van der Waals surface area contributed by atoms with Crippen LogP contribution in [0, 0.1) is 13.8 Å². The van der Waals surface area contributed by atoms with Gasteiger partial charge in [-0.1, -0.05) is 67.9 Å². The Balaban J connectivity index is 2.17. The minimum Gasteiger partial charge on any atom is -0.507 e. The van der Waals surface area contributed by atoms with Crippen molar-refractivity contribution in [1.29, 1.82) is 0 Å². The Bertz CT molecular complexity index is 1300. The van der Waals surface area contributed by atoms with Crippen molar-refractivity contribution >= 4 is 27.7 Å². The van der Waals surface area contributed by atoms with Crippen molar-refractivity contribution in [3.8, 4) is 5.75 Å². The summed E-state index contributed by atoms with van der Waals surface area (Å²) in [4.78, 5) is 15.4. The average molecular weight is 446 g/mol. The van der Waals surface area contributed by atoms with Gasteiger partial charge < -0.3 is 14.3 Å². The lowest BCUT2D eigenvalue weighted by Gasteiger charge is -2.32. The molecule has 1 N–H and O–H groups in total. The van der Waals surface area contributed by atoms with Gasteiger partial charge in [-0.2, -0.15) is 0 Å². The van der Waals surface area contributed by atoms with Crippen LogP contribution in [-0.4, -0.2) is 35.7 Å². The summed E-state index contributed by atoms with van der Waals surface area (Å²) < 4.78 is 11.6. The summed E-state index contributed by atoms with van der Waals surface area (Å²) in [5, 5.41) is 13.8. The molecule has 5 heteroatoms. The van der Waals surface area contributed by atoms with Gasteiger partial charge in [-0.15, -0.1) is 0 Å². The zero-order chi connectivity index (χ0) is 23.7. The number of fused-ring (bicyclic) bond motifs is 3. The van der Waals surface area contributed by atoms with Crippen LogP contribution in [0.1, 0.15) is 59.6 Å². The van der Waals surface area contributed by atoms with Gasteiger partial charge in [0.25, 0.3) is 0 Å². The number of esters is 1. The number of benzene rings is 3. The van der Waals surface area contributed by atoms with E-state index in [-0.39, 0.29) is 18.4 Å². The van der Waals surface area contributed by atoms with Crippen molar-refractivity contribution in [2.45, 2.75) is 40.7 Å². The second-order valence-corrected chi connectivity index (χ2v) is 8.30. The van der Waals surface area contributed by atoms with E-state index in [1.54, 1.807) is 13.8 Å². The first kappa shape index (κ1) is 22.9. The molecule has 0 amide bonds. The third-order valence-electron chi connectivity index (χ3n) is 6.36. The second kappa shape index (κ2) is 9.28. The van der Waals surface area contributed by atoms with Crippen LogP contribution in [0.5, 0.6) is 5.75 Å². The summed E-state index contributed by atoms with van der Waals surface area (Å²) >= 11 is 0. The van der Waals surface area contributed by atoms with E-state index in [2.05, 4.69) is 49.9 Å². The molecule has 1 heterocycles. The van der Waals surface area contributed by atoms with E-state index >= 15 is 0 Å². The largest absolute Gasteiger partial charge is 0.507 e. The molecule has 0 bridgehead atoms. The monoisotopic (exact) mass is 445 g/mol. The molecule has 1 aromatic heterocycles. The van der Waals surface area contributed by atoms with E-state index in [4.69, 9.17) is 9.15 Å². The highest BCUT2D eigenvalue weighted by Gasteiger charge is 2.32. The van der Waals surface area contributed by atoms with E-state index in [1.807, 2.05) is 24.3 Å². The minimum atomic E-state index is -0.438. The fraction of sp³-hybridized carbons (Fsp3) is 0.321. The highest BCUT2D eigenvalue weighted by Crippen LogP contribution is 2.47. The molecule has 5 nitrogen and oxygen atoms in total. The molecular weight excluding hydrogens is 414 g/mol. The highest BCUT2D eigenvalue weighted by atomic mass is 16.5. The van der Waals surface area contributed by atoms with Crippen LogP contribution in [-0.2, 0) is 4.74 Å². The molecule has 0 radical (unpaired) electrons. The van der Waals surface area contributed by atoms with Crippen LogP contribution < -0.4 is 0 Å². The fourth-order valence-corrected chi connectivity index (χ4v) is 4.76. The molecule has 1 atom stereocenters. The van der Waals surface area contributed by atoms with E-state index in [0.29, 0.717) is 33.2 Å². The van der Waals surface area contributed by atoms with Gasteiger partial charge in [-0.05, 0) is 39.4 Å². The SMILES string of the molecule is CCOC(=O)c1c(C)oc2c1c(C(c1ccc(C)cc1)N(CC)CC)c(O)c1ccccc12. The number of aryl methyl sites for hydroxylation is 2. The van der Waals surface area contributed by atoms with Gasteiger partial charge >= 0.3 is 5.97 Å². The predicted octanol–water partition coefficient (Wildman–Crippen LogP) is 6.52. The van der Waals surface area contributed by atoms with Gasteiger partial charge in [0.2, 0.25) is 0 Å². The van der Waals surface area contributed by atoms with Crippen LogP contribution in [0.25, 0.3) is 21.7 Å². The summed E-state index contributed by atoms with van der Waals surface area (Å²) in [7, 11) is 0. The molecule has 4 rings (SSSR count). The van der Waals surface area contributed by atoms with Crippen molar-refractivity contribution in [1.82, 2.24) is 4.90 Å². The Morgan fingerprint density at radius 2 is 1.64 bits per heavy atom. The summed E-state index contributed by atoms with van der Waals surface area (Å²) in [6, 6.07) is 15.7. The Morgan fingerprint density at radius 1 is 1.00 bits per heavy atom. The smallest absolute Gasteiger partial charge is 0.342 e. The normalized spacial score (nSPS) is 12.5. The molecule has 172 valence electrons. The Kier molecular flexibility index (Phi) is 6.43. The number of nitrogens with zero attached hydrogens (tertiary/aromatic N) is 1. The van der Waals surface area contributed by atoms with E-state index < -0.39 is 5.97 Å². The van der Waals surface area contributed by atoms with Crippen LogP contribution in [0.3, 0.4) is 0 Å². The maximum absolute atomic E-state index is 13.1. The van der Waals surface area contributed by atoms with Crippen LogP contribution in [0.4, 0.5) is 0 Å². The zero-order valence-electron chi connectivity index (χ0n) is 19.9. The number of hydrogen-bond donors (Lipinski definition) is 1. The molecule has 33 heavy (non-hydrogen) atoms. The van der Waals surface area contributed by atoms with E-state index in [0.717, 1.165) is 29.6 Å². The first-order valence-corrected chi connectivity index (χ1v) is 11.6. The molecule has 0 aliphatic rings. The number of phenols is 1. The minimum absolute atomic E-state index is 0.168. The van der Waals surface area contributed by atoms with Gasteiger partial charge in [-0.3, -0.25) is 4.90 Å². The number of rotatable bonds is 7. The lowest BCUT2D eigenvalue weighted by atomic mass is 9.88. The summed E-state index contributed by atoms with van der Waals surface area (Å²) in [6.07, 6.45) is 0. The molecule has 3 aromatic carbocycles. The van der Waals surface area contributed by atoms with Gasteiger partial charge in [0.05, 0.1) is 12.6 Å². The maximum Gasteiger partial charge on any atom is 0.342 e. The summed E-state index contributed by atoms with van der Waals surface area (Å²) in [6.45, 7) is 11.6. The molecule has 0 aliphatic carbocycles. The summed E-state index contributed by atoms with van der Waals surface area (Å²) in [5.74, 6) is 0.219. The average Bonchev–Trinajstić information content (AvgIpc) is 3.16. The number of aromatic hydroxyl groups is 1. The number of phenolic OH excluding ortho intramolecular Hbond substituents is 1. The number of carbonyl (C=O) groups is 1. The van der Waals surface area contributed by atoms with Crippen molar-refractivity contribution in [2.24, 2.45) is 0 Å². The molecule has 0 saturated heterocycles. The lowest BCUT2D eigenvalue weighted by Crippen LogP contribution is -2.29. The lowest BCUT2D eigenvalue weighted by molar-refractivity contribution is 0.0526. The van der Waals surface area contributed by atoms with E-state index in [9.17, 15) is 9.90 Å². The second-order valence-electron chi connectivity index (χ2n) is 8.30. The summed E-state index contributed by atoms with van der Waals surface area (Å²) in [5.41, 5.74) is 3.87. The highest BCUT2D eigenvalue weighted by molar-refractivity contribution is 6.16. The first-order valence-electron chi connectivity index (χ1n) is 11.6. The Hall–Kier alpha value is -3.31. The molecule has 0 saturated carbocycles. The fourth-order valence-electron chi connectivity index (χ4n) is 4.76. The standard InChI is InChI=1S/C28H31NO4/c1-6-29(7-2)25(19-15-13-17(4)14-16-19)24-23-22(28(31)32-8-3)18(5)33-27(23)21-12-10-9-11-20(21)26(24)30/h9-16,25,30H,6-8H2,1-5H3. The zero-order valence-corrected chi connectivity index (χ0v) is 19.9. The number of carbonyl (C=O) groups excluding carboxylic acids is 1. The molecular formula is C28H31NO4. The van der Waals surface area contributed by atoms with Gasteiger partial charge in [0.15, 0.2) is 0 Å². The topological polar surface area (TPSA) is 62.9 Å². The van der Waals surface area contributed by atoms with Gasteiger partial charge in [0, 0.05) is 21.7 Å². The molecule has 1 unspecified atom stereocenters. The number of furan rings is 1. The molecule has 0 fully saturated rings. The van der Waals surface area contributed by atoms with E-state index in [1.165, 1.54) is 0 Å². The third kappa shape index (κ3) is 3.87. The van der Waals surface area contributed by atoms with Crippen molar-refractivity contribution in [3.63, 3.8) is 0 Å². The van der Waals surface area contributed by atoms with Crippen LogP contribution in [0.15, 0.2) is 52.9 Å². The molecule has 4 aromatic rings. The number of hydrogen-bond acceptors (Lipinski definition) is 5. The third-order valence-corrected chi connectivity index (χ3v) is 6.36. The van der Waals surface area contributed by atoms with Crippen LogP contribution >= 0.6 is 0 Å². The molecule has 0 spiro atoms. The Labute approximate surface area is 194 Å². The van der Waals surface area contributed by atoms with Crippen molar-refractivity contribution in [3.05, 3.63) is 76.5 Å². The van der Waals surface area contributed by atoms with Crippen molar-refractivity contribution < 1.29 is 19.1 Å². The van der Waals surface area contributed by atoms with Crippen LogP contribution in [0.2, 0.25) is 0 Å². The first-order chi connectivity index (χ1) is 15.9. The molecule has 0 aliphatic heterocycles. The maximum atomic E-state index is 13.1. The predicted molar refractivity (Wildman–Crippen MR) is 132 cm³/mol. The van der Waals surface area contributed by atoms with Crippen molar-refractivity contribution in [2.75, 3.05) is 19.7 Å². The van der Waals surface area contributed by atoms with Gasteiger partial charge in [0.1, 0.15) is 22.7 Å².